The van der Waals surface area contributed by atoms with Crippen molar-refractivity contribution in [2.45, 2.75) is 39.2 Å². The van der Waals surface area contributed by atoms with Gasteiger partial charge >= 0.3 is 12.0 Å². The number of carbonyl (C=O) groups excluding carboxylic acids is 1. The SMILES string of the molecule is CCN(C(=O)NC1CCCC1C(=O)O)c1ccc(C)cc1. The van der Waals surface area contributed by atoms with Crippen molar-refractivity contribution >= 4 is 17.7 Å². The van der Waals surface area contributed by atoms with E-state index in [2.05, 4.69) is 5.32 Å². The molecule has 0 aliphatic heterocycles. The van der Waals surface area contributed by atoms with E-state index in [1.165, 1.54) is 0 Å². The Hall–Kier alpha value is -2.04. The molecule has 1 saturated carbocycles. The van der Waals surface area contributed by atoms with Crippen LogP contribution in [0.15, 0.2) is 24.3 Å². The maximum atomic E-state index is 12.4. The maximum Gasteiger partial charge on any atom is 0.322 e. The molecule has 1 aromatic rings. The Morgan fingerprint density at radius 3 is 2.52 bits per heavy atom. The fourth-order valence-electron chi connectivity index (χ4n) is 2.83. The summed E-state index contributed by atoms with van der Waals surface area (Å²) < 4.78 is 0. The van der Waals surface area contributed by atoms with Gasteiger partial charge in [-0.25, -0.2) is 4.79 Å². The molecule has 2 atom stereocenters. The lowest BCUT2D eigenvalue weighted by Gasteiger charge is -2.25. The summed E-state index contributed by atoms with van der Waals surface area (Å²) in [6.45, 7) is 4.44. The predicted octanol–water partition coefficient (Wildman–Crippen LogP) is 2.78. The minimum atomic E-state index is -0.823. The Labute approximate surface area is 125 Å². The molecule has 5 heteroatoms. The second-order valence-corrected chi connectivity index (χ2v) is 5.51. The van der Waals surface area contributed by atoms with Crippen LogP contribution in [0, 0.1) is 12.8 Å². The molecule has 0 spiro atoms. The third-order valence-corrected chi connectivity index (χ3v) is 4.05. The number of amides is 2. The van der Waals surface area contributed by atoms with Crippen LogP contribution in [-0.2, 0) is 4.79 Å². The molecule has 0 saturated heterocycles. The van der Waals surface area contributed by atoms with Crippen LogP contribution in [0.5, 0.6) is 0 Å². The van der Waals surface area contributed by atoms with Crippen molar-refractivity contribution in [1.82, 2.24) is 5.32 Å². The van der Waals surface area contributed by atoms with Crippen LogP contribution < -0.4 is 10.2 Å². The van der Waals surface area contributed by atoms with Crippen LogP contribution in [0.25, 0.3) is 0 Å². The van der Waals surface area contributed by atoms with Gasteiger partial charge in [0, 0.05) is 18.3 Å². The Morgan fingerprint density at radius 1 is 1.29 bits per heavy atom. The van der Waals surface area contributed by atoms with Gasteiger partial charge in [0.25, 0.3) is 0 Å². The number of anilines is 1. The Bertz CT molecular complexity index is 513. The van der Waals surface area contributed by atoms with Gasteiger partial charge in [0.2, 0.25) is 0 Å². The fourth-order valence-corrected chi connectivity index (χ4v) is 2.83. The Kier molecular flexibility index (Phi) is 4.83. The highest BCUT2D eigenvalue weighted by Gasteiger charge is 2.34. The smallest absolute Gasteiger partial charge is 0.322 e. The summed E-state index contributed by atoms with van der Waals surface area (Å²) in [7, 11) is 0. The van der Waals surface area contributed by atoms with Gasteiger partial charge < -0.3 is 10.4 Å². The highest BCUT2D eigenvalue weighted by atomic mass is 16.4. The number of hydrogen-bond acceptors (Lipinski definition) is 2. The van der Waals surface area contributed by atoms with Gasteiger partial charge in [0.1, 0.15) is 0 Å². The quantitative estimate of drug-likeness (QED) is 0.896. The molecule has 2 amide bonds. The summed E-state index contributed by atoms with van der Waals surface area (Å²) in [5.74, 6) is -1.29. The zero-order valence-electron chi connectivity index (χ0n) is 12.5. The molecule has 114 valence electrons. The van der Waals surface area contributed by atoms with E-state index in [1.54, 1.807) is 4.90 Å². The molecular formula is C16H22N2O3. The van der Waals surface area contributed by atoms with Crippen LogP contribution in [0.4, 0.5) is 10.5 Å². The zero-order valence-corrected chi connectivity index (χ0v) is 12.5. The van der Waals surface area contributed by atoms with Gasteiger partial charge in [-0.05, 0) is 38.8 Å². The lowest BCUT2D eigenvalue weighted by Crippen LogP contribution is -2.47. The van der Waals surface area contributed by atoms with Gasteiger partial charge in [0.05, 0.1) is 5.92 Å². The molecule has 21 heavy (non-hydrogen) atoms. The normalized spacial score (nSPS) is 21.0. The summed E-state index contributed by atoms with van der Waals surface area (Å²) in [5.41, 5.74) is 1.96. The minimum Gasteiger partial charge on any atom is -0.481 e. The van der Waals surface area contributed by atoms with Gasteiger partial charge in [0.15, 0.2) is 0 Å². The number of carbonyl (C=O) groups is 2. The van der Waals surface area contributed by atoms with Crippen molar-refractivity contribution in [3.8, 4) is 0 Å². The summed E-state index contributed by atoms with van der Waals surface area (Å²) in [6.07, 6.45) is 2.21. The Morgan fingerprint density at radius 2 is 1.95 bits per heavy atom. The molecule has 1 aliphatic rings. The summed E-state index contributed by atoms with van der Waals surface area (Å²) in [6, 6.07) is 7.24. The van der Waals surface area contributed by atoms with E-state index in [9.17, 15) is 14.7 Å². The highest BCUT2D eigenvalue weighted by molar-refractivity contribution is 5.92. The number of nitrogens with zero attached hydrogens (tertiary/aromatic N) is 1. The number of rotatable bonds is 4. The number of benzene rings is 1. The van der Waals surface area contributed by atoms with Crippen LogP contribution in [0.2, 0.25) is 0 Å². The molecule has 0 aromatic heterocycles. The molecule has 0 bridgehead atoms. The van der Waals surface area contributed by atoms with Crippen LogP contribution in [0.1, 0.15) is 31.7 Å². The van der Waals surface area contributed by atoms with Crippen molar-refractivity contribution in [3.05, 3.63) is 29.8 Å². The molecule has 2 unspecified atom stereocenters. The second kappa shape index (κ2) is 6.61. The average Bonchev–Trinajstić information content (AvgIpc) is 2.90. The number of carboxylic acids is 1. The molecule has 1 aromatic carbocycles. The molecule has 5 nitrogen and oxygen atoms in total. The fraction of sp³-hybridized carbons (Fsp3) is 0.500. The first-order valence-corrected chi connectivity index (χ1v) is 7.40. The van der Waals surface area contributed by atoms with E-state index in [0.29, 0.717) is 13.0 Å². The molecule has 1 fully saturated rings. The third-order valence-electron chi connectivity index (χ3n) is 4.05. The van der Waals surface area contributed by atoms with Crippen LogP contribution >= 0.6 is 0 Å². The largest absolute Gasteiger partial charge is 0.481 e. The van der Waals surface area contributed by atoms with Crippen molar-refractivity contribution in [3.63, 3.8) is 0 Å². The number of aliphatic carboxylic acids is 1. The van der Waals surface area contributed by atoms with E-state index in [1.807, 2.05) is 38.1 Å². The number of nitrogens with one attached hydrogen (secondary N) is 1. The van der Waals surface area contributed by atoms with Crippen LogP contribution in [0.3, 0.4) is 0 Å². The Balaban J connectivity index is 2.06. The van der Waals surface area contributed by atoms with Crippen molar-refractivity contribution in [2.24, 2.45) is 5.92 Å². The molecule has 1 aliphatic carbocycles. The first-order chi connectivity index (χ1) is 10.0. The van der Waals surface area contributed by atoms with E-state index in [0.717, 1.165) is 24.1 Å². The lowest BCUT2D eigenvalue weighted by atomic mass is 10.0. The lowest BCUT2D eigenvalue weighted by molar-refractivity contribution is -0.142. The van der Waals surface area contributed by atoms with E-state index < -0.39 is 11.9 Å². The first-order valence-electron chi connectivity index (χ1n) is 7.40. The van der Waals surface area contributed by atoms with Gasteiger partial charge in [-0.2, -0.15) is 0 Å². The van der Waals surface area contributed by atoms with E-state index >= 15 is 0 Å². The van der Waals surface area contributed by atoms with Gasteiger partial charge in [-0.15, -0.1) is 0 Å². The zero-order chi connectivity index (χ0) is 15.4. The summed E-state index contributed by atoms with van der Waals surface area (Å²) in [5, 5.41) is 12.1. The van der Waals surface area contributed by atoms with Crippen molar-refractivity contribution < 1.29 is 14.7 Å². The first kappa shape index (κ1) is 15.4. The number of urea groups is 1. The van der Waals surface area contributed by atoms with E-state index in [-0.39, 0.29) is 12.1 Å². The monoisotopic (exact) mass is 290 g/mol. The molecule has 2 N–H and O–H groups in total. The maximum absolute atomic E-state index is 12.4. The molecular weight excluding hydrogens is 268 g/mol. The standard InChI is InChI=1S/C16H22N2O3/c1-3-18(12-9-7-11(2)8-10-12)16(21)17-14-6-4-5-13(14)15(19)20/h7-10,13-14H,3-6H2,1-2H3,(H,17,21)(H,19,20). The number of aryl methyl sites for hydroxylation is 1. The predicted molar refractivity (Wildman–Crippen MR) is 81.5 cm³/mol. The average molecular weight is 290 g/mol. The summed E-state index contributed by atoms with van der Waals surface area (Å²) in [4.78, 5) is 25.2. The van der Waals surface area contributed by atoms with Crippen molar-refractivity contribution in [1.29, 1.82) is 0 Å². The van der Waals surface area contributed by atoms with Crippen LogP contribution in [-0.4, -0.2) is 29.7 Å². The summed E-state index contributed by atoms with van der Waals surface area (Å²) >= 11 is 0. The van der Waals surface area contributed by atoms with Crippen molar-refractivity contribution in [2.75, 3.05) is 11.4 Å². The number of hydrogen-bond donors (Lipinski definition) is 2. The van der Waals surface area contributed by atoms with E-state index in [4.69, 9.17) is 0 Å². The van der Waals surface area contributed by atoms with Gasteiger partial charge in [-0.1, -0.05) is 24.1 Å². The topological polar surface area (TPSA) is 69.6 Å². The third kappa shape index (κ3) is 3.54. The number of carboxylic acid groups (broad SMARTS) is 1. The molecule has 0 radical (unpaired) electrons. The minimum absolute atomic E-state index is 0.223. The molecule has 2 rings (SSSR count). The second-order valence-electron chi connectivity index (χ2n) is 5.51. The van der Waals surface area contributed by atoms with Gasteiger partial charge in [-0.3, -0.25) is 9.69 Å². The molecule has 0 heterocycles. The highest BCUT2D eigenvalue weighted by Crippen LogP contribution is 2.26.